The highest BCUT2D eigenvalue weighted by molar-refractivity contribution is 7.92. The van der Waals surface area contributed by atoms with Gasteiger partial charge in [-0.15, -0.1) is 0 Å². The second kappa shape index (κ2) is 14.2. The molecule has 0 aliphatic heterocycles. The SMILES string of the molecule is C[C@H](C(=O)NC1CCCCC1)N(Cc1ccccc1Cl)C(=O)CN(c1cc(C(F)(F)F)ccc1Cl)S(=O)(=O)c1ccccc1. The lowest BCUT2D eigenvalue weighted by Gasteiger charge is -2.33. The minimum atomic E-state index is -4.81. The number of sulfonamides is 1. The van der Waals surface area contributed by atoms with E-state index >= 15 is 0 Å². The Morgan fingerprint density at radius 1 is 0.932 bits per heavy atom. The first-order valence-electron chi connectivity index (χ1n) is 14.1. The third kappa shape index (κ3) is 8.05. The fourth-order valence-corrected chi connectivity index (χ4v) is 6.99. The fourth-order valence-electron chi connectivity index (χ4n) is 5.07. The molecule has 7 nitrogen and oxygen atoms in total. The van der Waals surface area contributed by atoms with Gasteiger partial charge in [-0.2, -0.15) is 13.2 Å². The quantitative estimate of drug-likeness (QED) is 0.250. The number of alkyl halides is 3. The molecular formula is C31H32Cl2F3N3O4S. The van der Waals surface area contributed by atoms with E-state index in [9.17, 15) is 31.2 Å². The predicted molar refractivity (Wildman–Crippen MR) is 164 cm³/mol. The number of carbonyl (C=O) groups excluding carboxylic acids is 2. The monoisotopic (exact) mass is 669 g/mol. The molecule has 0 spiro atoms. The standard InChI is InChI=1S/C31H32Cl2F3N3O4S/c1-21(30(41)37-24-11-4-2-5-12-24)38(19-22-10-8-9-15-26(22)32)29(40)20-39(44(42,43)25-13-6-3-7-14-25)28-18-23(31(34,35)36)16-17-27(28)33/h3,6-10,13-18,21,24H,2,4-5,11-12,19-20H2,1H3,(H,37,41)/t21-/m1/s1. The molecule has 44 heavy (non-hydrogen) atoms. The summed E-state index contributed by atoms with van der Waals surface area (Å²) in [6, 6.07) is 14.8. The molecule has 2 amide bonds. The first-order chi connectivity index (χ1) is 20.8. The van der Waals surface area contributed by atoms with Crippen molar-refractivity contribution in [2.45, 2.75) is 68.7 Å². The van der Waals surface area contributed by atoms with Crippen LogP contribution in [0.5, 0.6) is 0 Å². The van der Waals surface area contributed by atoms with Crippen molar-refractivity contribution in [1.29, 1.82) is 0 Å². The van der Waals surface area contributed by atoms with Crippen molar-refractivity contribution in [2.24, 2.45) is 0 Å². The van der Waals surface area contributed by atoms with Crippen molar-refractivity contribution in [3.05, 3.63) is 94.0 Å². The van der Waals surface area contributed by atoms with E-state index in [0.717, 1.165) is 44.2 Å². The molecule has 0 unspecified atom stereocenters. The molecule has 1 atom stereocenters. The van der Waals surface area contributed by atoms with Crippen LogP contribution in [0.4, 0.5) is 18.9 Å². The molecule has 0 aromatic heterocycles. The maximum Gasteiger partial charge on any atom is 0.416 e. The summed E-state index contributed by atoms with van der Waals surface area (Å²) in [5.41, 5.74) is -1.18. The van der Waals surface area contributed by atoms with Crippen molar-refractivity contribution in [3.8, 4) is 0 Å². The van der Waals surface area contributed by atoms with Gasteiger partial charge in [0.2, 0.25) is 11.8 Å². The Kier molecular flexibility index (Phi) is 10.9. The number of benzene rings is 3. The molecule has 3 aromatic rings. The maximum atomic E-state index is 14.1. The topological polar surface area (TPSA) is 86.8 Å². The average Bonchev–Trinajstić information content (AvgIpc) is 2.99. The number of halogens is 5. The van der Waals surface area contributed by atoms with E-state index in [4.69, 9.17) is 23.2 Å². The molecule has 1 fully saturated rings. The van der Waals surface area contributed by atoms with E-state index in [2.05, 4.69) is 5.32 Å². The minimum Gasteiger partial charge on any atom is -0.352 e. The summed E-state index contributed by atoms with van der Waals surface area (Å²) in [6.07, 6.45) is -0.213. The van der Waals surface area contributed by atoms with E-state index in [-0.39, 0.29) is 22.5 Å². The molecule has 13 heteroatoms. The zero-order valence-electron chi connectivity index (χ0n) is 23.9. The second-order valence-corrected chi connectivity index (χ2v) is 13.3. The van der Waals surface area contributed by atoms with Gasteiger partial charge < -0.3 is 10.2 Å². The van der Waals surface area contributed by atoms with Crippen LogP contribution in [0.15, 0.2) is 77.7 Å². The minimum absolute atomic E-state index is 0.0603. The smallest absolute Gasteiger partial charge is 0.352 e. The molecule has 1 saturated carbocycles. The van der Waals surface area contributed by atoms with Gasteiger partial charge in [-0.25, -0.2) is 8.42 Å². The van der Waals surface area contributed by atoms with E-state index in [0.29, 0.717) is 21.0 Å². The van der Waals surface area contributed by atoms with Crippen LogP contribution in [0, 0.1) is 0 Å². The number of rotatable bonds is 10. The van der Waals surface area contributed by atoms with Crippen molar-refractivity contribution >= 4 is 50.7 Å². The number of carbonyl (C=O) groups is 2. The Morgan fingerprint density at radius 2 is 1.57 bits per heavy atom. The third-order valence-corrected chi connectivity index (χ3v) is 10.0. The predicted octanol–water partition coefficient (Wildman–Crippen LogP) is 7.07. The van der Waals surface area contributed by atoms with Gasteiger partial charge >= 0.3 is 6.18 Å². The fraction of sp³-hybridized carbons (Fsp3) is 0.355. The molecule has 3 aromatic carbocycles. The highest BCUT2D eigenvalue weighted by atomic mass is 35.5. The van der Waals surface area contributed by atoms with Gasteiger partial charge in [0.1, 0.15) is 12.6 Å². The summed E-state index contributed by atoms with van der Waals surface area (Å²) < 4.78 is 69.4. The molecule has 1 N–H and O–H groups in total. The van der Waals surface area contributed by atoms with E-state index < -0.39 is 51.9 Å². The van der Waals surface area contributed by atoms with Crippen molar-refractivity contribution in [2.75, 3.05) is 10.8 Å². The van der Waals surface area contributed by atoms with Crippen LogP contribution >= 0.6 is 23.2 Å². The van der Waals surface area contributed by atoms with Gasteiger partial charge in [-0.1, -0.05) is 78.9 Å². The Morgan fingerprint density at radius 3 is 2.20 bits per heavy atom. The molecule has 0 bridgehead atoms. The number of hydrogen-bond donors (Lipinski definition) is 1. The number of hydrogen-bond acceptors (Lipinski definition) is 4. The first kappa shape index (κ1) is 33.6. The summed E-state index contributed by atoms with van der Waals surface area (Å²) >= 11 is 12.7. The second-order valence-electron chi connectivity index (χ2n) is 10.6. The summed E-state index contributed by atoms with van der Waals surface area (Å²) in [6.45, 7) is 0.414. The molecule has 1 aliphatic carbocycles. The molecule has 0 heterocycles. The summed E-state index contributed by atoms with van der Waals surface area (Å²) in [5, 5.41) is 2.99. The highest BCUT2D eigenvalue weighted by Crippen LogP contribution is 2.37. The first-order valence-corrected chi connectivity index (χ1v) is 16.3. The van der Waals surface area contributed by atoms with Crippen LogP contribution in [-0.4, -0.2) is 43.8 Å². The maximum absolute atomic E-state index is 14.1. The number of amides is 2. The van der Waals surface area contributed by atoms with Crippen LogP contribution in [0.3, 0.4) is 0 Å². The number of nitrogens with zero attached hydrogens (tertiary/aromatic N) is 2. The Labute approximate surface area is 265 Å². The largest absolute Gasteiger partial charge is 0.416 e. The van der Waals surface area contributed by atoms with Gasteiger partial charge in [0, 0.05) is 17.6 Å². The average molecular weight is 671 g/mol. The Bertz CT molecular complexity index is 1580. The molecule has 4 rings (SSSR count). The van der Waals surface area contributed by atoms with Gasteiger partial charge in [-0.3, -0.25) is 13.9 Å². The van der Waals surface area contributed by atoms with Gasteiger partial charge in [-0.05, 0) is 61.7 Å². The Hall–Kier alpha value is -3.28. The van der Waals surface area contributed by atoms with Gasteiger partial charge in [0.05, 0.1) is 21.2 Å². The van der Waals surface area contributed by atoms with Crippen LogP contribution in [0.2, 0.25) is 10.0 Å². The molecule has 0 radical (unpaired) electrons. The Balaban J connectivity index is 1.75. The van der Waals surface area contributed by atoms with Crippen LogP contribution in [0.25, 0.3) is 0 Å². The zero-order chi connectivity index (χ0) is 32.1. The van der Waals surface area contributed by atoms with E-state index in [1.807, 2.05) is 0 Å². The molecule has 0 saturated heterocycles. The normalized spacial score (nSPS) is 15.0. The van der Waals surface area contributed by atoms with Crippen molar-refractivity contribution in [3.63, 3.8) is 0 Å². The lowest BCUT2D eigenvalue weighted by atomic mass is 9.95. The highest BCUT2D eigenvalue weighted by Gasteiger charge is 2.36. The van der Waals surface area contributed by atoms with Crippen molar-refractivity contribution < 1.29 is 31.2 Å². The summed E-state index contributed by atoms with van der Waals surface area (Å²) in [5.74, 6) is -1.28. The number of anilines is 1. The van der Waals surface area contributed by atoms with E-state index in [1.54, 1.807) is 30.3 Å². The number of nitrogens with one attached hydrogen (secondary N) is 1. The summed E-state index contributed by atoms with van der Waals surface area (Å²) in [4.78, 5) is 28.4. The van der Waals surface area contributed by atoms with Gasteiger partial charge in [0.15, 0.2) is 0 Å². The van der Waals surface area contributed by atoms with Crippen LogP contribution in [-0.2, 0) is 32.3 Å². The zero-order valence-corrected chi connectivity index (χ0v) is 26.2. The third-order valence-electron chi connectivity index (χ3n) is 7.57. The van der Waals surface area contributed by atoms with Crippen molar-refractivity contribution in [1.82, 2.24) is 10.2 Å². The lowest BCUT2D eigenvalue weighted by molar-refractivity contribution is -0.139. The molecule has 1 aliphatic rings. The lowest BCUT2D eigenvalue weighted by Crippen LogP contribution is -2.53. The molecule has 236 valence electrons. The van der Waals surface area contributed by atoms with Crippen LogP contribution < -0.4 is 9.62 Å². The summed E-state index contributed by atoms with van der Waals surface area (Å²) in [7, 11) is -4.61. The molecular weight excluding hydrogens is 638 g/mol. The van der Waals surface area contributed by atoms with E-state index in [1.165, 1.54) is 36.1 Å². The van der Waals surface area contributed by atoms with Crippen LogP contribution in [0.1, 0.15) is 50.2 Å². The van der Waals surface area contributed by atoms with Gasteiger partial charge in [0.25, 0.3) is 10.0 Å².